The van der Waals surface area contributed by atoms with Crippen LogP contribution in [0.2, 0.25) is 0 Å². The number of aromatic nitrogens is 5. The number of hydrogen-bond donors (Lipinski definition) is 4. The molecule has 0 saturated heterocycles. The van der Waals surface area contributed by atoms with Gasteiger partial charge in [0.1, 0.15) is 23.9 Å². The molecule has 3 aromatic heterocycles. The van der Waals surface area contributed by atoms with Crippen molar-refractivity contribution in [3.8, 4) is 22.5 Å². The van der Waals surface area contributed by atoms with Gasteiger partial charge in [-0.05, 0) is 29.8 Å². The molecule has 29 heavy (non-hydrogen) atoms. The van der Waals surface area contributed by atoms with Crippen molar-refractivity contribution in [3.63, 3.8) is 0 Å². The number of rotatable bonds is 7. The molecule has 3 heterocycles. The average molecular weight is 396 g/mol. The molecule has 9 heteroatoms. The van der Waals surface area contributed by atoms with Crippen LogP contribution in [0.25, 0.3) is 22.5 Å². The van der Waals surface area contributed by atoms with E-state index in [4.69, 9.17) is 0 Å². The molecule has 4 rings (SSSR count). The molecule has 0 bridgehead atoms. The van der Waals surface area contributed by atoms with E-state index < -0.39 is 12.5 Å². The van der Waals surface area contributed by atoms with E-state index >= 15 is 0 Å². The second kappa shape index (κ2) is 8.19. The van der Waals surface area contributed by atoms with Crippen LogP contribution in [-0.2, 0) is 19.8 Å². The molecule has 148 valence electrons. The number of halogens is 2. The van der Waals surface area contributed by atoms with E-state index in [0.717, 1.165) is 22.4 Å². The normalized spacial score (nSPS) is 11.1. The van der Waals surface area contributed by atoms with Gasteiger partial charge < -0.3 is 15.3 Å². The van der Waals surface area contributed by atoms with Crippen LogP contribution in [-0.4, -0.2) is 25.4 Å². The summed E-state index contributed by atoms with van der Waals surface area (Å²) in [6.07, 6.45) is 3.41. The number of alkyl halides is 1. The summed E-state index contributed by atoms with van der Waals surface area (Å²) in [7, 11) is 0. The maximum absolute atomic E-state index is 13.4. The molecule has 0 aliphatic rings. The largest absolute Gasteiger partial charge is 0.363 e. The van der Waals surface area contributed by atoms with Crippen LogP contribution >= 0.6 is 0 Å². The van der Waals surface area contributed by atoms with Gasteiger partial charge in [0, 0.05) is 53.9 Å². The van der Waals surface area contributed by atoms with Gasteiger partial charge in [-0.1, -0.05) is 6.07 Å². The van der Waals surface area contributed by atoms with Crippen LogP contribution < -0.4 is 10.9 Å². The third-order valence-corrected chi connectivity index (χ3v) is 4.52. The molecule has 0 saturated carbocycles. The Balaban J connectivity index is 1.44. The summed E-state index contributed by atoms with van der Waals surface area (Å²) in [5.74, 6) is -0.531. The fourth-order valence-electron chi connectivity index (χ4n) is 3.05. The molecule has 0 unspecified atom stereocenters. The van der Waals surface area contributed by atoms with Gasteiger partial charge in [-0.2, -0.15) is 15.4 Å². The maximum atomic E-state index is 13.4. The van der Waals surface area contributed by atoms with Gasteiger partial charge in [0.2, 0.25) is 5.56 Å². The number of H-pyrrole nitrogens is 3. The first-order valence-electron chi connectivity index (χ1n) is 8.95. The molecule has 0 aliphatic carbocycles. The Bertz CT molecular complexity index is 1160. The lowest BCUT2D eigenvalue weighted by Crippen LogP contribution is -2.13. The number of nitrogens with zero attached hydrogens (tertiary/aromatic N) is 2. The van der Waals surface area contributed by atoms with Crippen LogP contribution in [0.3, 0.4) is 0 Å². The van der Waals surface area contributed by atoms with Crippen LogP contribution in [0.1, 0.15) is 16.8 Å². The van der Waals surface area contributed by atoms with E-state index in [9.17, 15) is 13.6 Å². The Kier molecular flexibility index (Phi) is 5.30. The number of pyridine rings is 1. The Morgan fingerprint density at radius 1 is 0.931 bits per heavy atom. The second-order valence-corrected chi connectivity index (χ2v) is 6.54. The van der Waals surface area contributed by atoms with Crippen molar-refractivity contribution in [1.82, 2.24) is 30.7 Å². The Labute approximate surface area is 164 Å². The first kappa shape index (κ1) is 18.8. The highest BCUT2D eigenvalue weighted by molar-refractivity contribution is 5.76. The van der Waals surface area contributed by atoms with Crippen molar-refractivity contribution in [2.45, 2.75) is 19.8 Å². The highest BCUT2D eigenvalue weighted by Gasteiger charge is 2.14. The van der Waals surface area contributed by atoms with E-state index in [2.05, 4.69) is 30.7 Å². The van der Waals surface area contributed by atoms with Crippen molar-refractivity contribution < 1.29 is 8.78 Å². The Morgan fingerprint density at radius 3 is 2.48 bits per heavy atom. The molecule has 0 radical (unpaired) electrons. The molecule has 1 aromatic carbocycles. The summed E-state index contributed by atoms with van der Waals surface area (Å²) in [6.45, 7) is 0.192. The summed E-state index contributed by atoms with van der Waals surface area (Å²) >= 11 is 0. The second-order valence-electron chi connectivity index (χ2n) is 6.54. The quantitative estimate of drug-likeness (QED) is 0.386. The van der Waals surface area contributed by atoms with Gasteiger partial charge in [0.15, 0.2) is 0 Å². The SMILES string of the molecule is O=c1ccc(-c2n[nH]nc2-c2c[nH]c(CNCc3ccc(F)c(CF)c3)c2)c[nH]1. The van der Waals surface area contributed by atoms with Crippen LogP contribution in [0.4, 0.5) is 8.78 Å². The third-order valence-electron chi connectivity index (χ3n) is 4.52. The zero-order chi connectivity index (χ0) is 20.2. The fourth-order valence-corrected chi connectivity index (χ4v) is 3.05. The van der Waals surface area contributed by atoms with Crippen LogP contribution in [0.15, 0.2) is 53.6 Å². The van der Waals surface area contributed by atoms with Gasteiger partial charge >= 0.3 is 0 Å². The predicted molar refractivity (Wildman–Crippen MR) is 104 cm³/mol. The zero-order valence-corrected chi connectivity index (χ0v) is 15.3. The summed E-state index contributed by atoms with van der Waals surface area (Å²) in [5, 5.41) is 14.2. The van der Waals surface area contributed by atoms with Gasteiger partial charge in [0.25, 0.3) is 0 Å². The first-order valence-corrected chi connectivity index (χ1v) is 8.95. The van der Waals surface area contributed by atoms with Crippen molar-refractivity contribution in [3.05, 3.63) is 81.8 Å². The van der Waals surface area contributed by atoms with Crippen molar-refractivity contribution in [2.75, 3.05) is 0 Å². The molecule has 0 atom stereocenters. The number of hydrogen-bond acceptors (Lipinski definition) is 4. The van der Waals surface area contributed by atoms with Gasteiger partial charge in [-0.15, -0.1) is 0 Å². The summed E-state index contributed by atoms with van der Waals surface area (Å²) in [6, 6.07) is 9.49. The highest BCUT2D eigenvalue weighted by atomic mass is 19.1. The molecule has 0 aliphatic heterocycles. The maximum Gasteiger partial charge on any atom is 0.247 e. The van der Waals surface area contributed by atoms with Crippen molar-refractivity contribution >= 4 is 0 Å². The topological polar surface area (TPSA) is 102 Å². The van der Waals surface area contributed by atoms with Crippen LogP contribution in [0.5, 0.6) is 0 Å². The minimum atomic E-state index is -0.824. The predicted octanol–water partition coefficient (Wildman–Crippen LogP) is 3.05. The molecule has 0 fully saturated rings. The fraction of sp³-hybridized carbons (Fsp3) is 0.150. The van der Waals surface area contributed by atoms with Gasteiger partial charge in [0.05, 0.1) is 0 Å². The minimum absolute atomic E-state index is 0.0623. The van der Waals surface area contributed by atoms with Crippen LogP contribution in [0, 0.1) is 5.82 Å². The third kappa shape index (κ3) is 4.14. The van der Waals surface area contributed by atoms with E-state index in [1.165, 1.54) is 18.2 Å². The molecular weight excluding hydrogens is 378 g/mol. The van der Waals surface area contributed by atoms with E-state index in [1.54, 1.807) is 18.3 Å². The van der Waals surface area contributed by atoms with E-state index in [0.29, 0.717) is 24.5 Å². The van der Waals surface area contributed by atoms with Gasteiger partial charge in [-0.25, -0.2) is 8.78 Å². The lowest BCUT2D eigenvalue weighted by atomic mass is 10.1. The molecule has 4 aromatic rings. The Morgan fingerprint density at radius 2 is 1.72 bits per heavy atom. The standard InChI is InChI=1S/C20H18F2N6O/c21-7-14-5-12(1-3-17(14)22)8-23-11-16-6-15(10-24-16)20-19(26-28-27-20)13-2-4-18(29)25-9-13/h1-6,9-10,23-24H,7-8,11H2,(H,25,29)(H,26,27,28). The van der Waals surface area contributed by atoms with E-state index in [1.807, 2.05) is 12.3 Å². The average Bonchev–Trinajstić information content (AvgIpc) is 3.39. The molecule has 7 nitrogen and oxygen atoms in total. The first-order chi connectivity index (χ1) is 14.1. The monoisotopic (exact) mass is 396 g/mol. The van der Waals surface area contributed by atoms with Gasteiger partial charge in [-0.3, -0.25) is 4.79 Å². The smallest absolute Gasteiger partial charge is 0.247 e. The molecule has 0 amide bonds. The summed E-state index contributed by atoms with van der Waals surface area (Å²) in [4.78, 5) is 17.1. The summed E-state index contributed by atoms with van der Waals surface area (Å²) < 4.78 is 26.1. The van der Waals surface area contributed by atoms with Crippen molar-refractivity contribution in [1.29, 1.82) is 0 Å². The molecule has 0 spiro atoms. The minimum Gasteiger partial charge on any atom is -0.363 e. The zero-order valence-electron chi connectivity index (χ0n) is 15.3. The number of benzene rings is 1. The summed E-state index contributed by atoms with van der Waals surface area (Å²) in [5.41, 5.74) is 4.48. The van der Waals surface area contributed by atoms with Crippen molar-refractivity contribution in [2.24, 2.45) is 0 Å². The Hall–Kier alpha value is -3.59. The number of nitrogens with one attached hydrogen (secondary N) is 4. The number of aromatic amines is 3. The lowest BCUT2D eigenvalue weighted by molar-refractivity contribution is 0.463. The molecule has 4 N–H and O–H groups in total. The highest BCUT2D eigenvalue weighted by Crippen LogP contribution is 2.27. The lowest BCUT2D eigenvalue weighted by Gasteiger charge is -2.06. The molecular formula is C20H18F2N6O. The van der Waals surface area contributed by atoms with E-state index in [-0.39, 0.29) is 11.1 Å².